The number of rotatable bonds is 5. The summed E-state index contributed by atoms with van der Waals surface area (Å²) in [5.41, 5.74) is 0.273. The fourth-order valence-electron chi connectivity index (χ4n) is 1.36. The predicted molar refractivity (Wildman–Crippen MR) is 67.0 cm³/mol. The molecule has 1 aromatic carbocycles. The first-order valence-corrected chi connectivity index (χ1v) is 5.46. The van der Waals surface area contributed by atoms with Crippen LogP contribution in [0.3, 0.4) is 0 Å². The van der Waals surface area contributed by atoms with Gasteiger partial charge in [-0.1, -0.05) is 0 Å². The van der Waals surface area contributed by atoms with Gasteiger partial charge >= 0.3 is 12.0 Å². The van der Waals surface area contributed by atoms with Gasteiger partial charge in [0, 0.05) is 24.4 Å². The lowest BCUT2D eigenvalue weighted by Gasteiger charge is -2.19. The molecule has 0 bridgehead atoms. The summed E-state index contributed by atoms with van der Waals surface area (Å²) >= 11 is 0. The molecule has 0 aromatic heterocycles. The summed E-state index contributed by atoms with van der Waals surface area (Å²) in [6.07, 6.45) is 0. The summed E-state index contributed by atoms with van der Waals surface area (Å²) in [5.74, 6) is -1.11. The molecule has 2 N–H and O–H groups in total. The first-order chi connectivity index (χ1) is 8.93. The van der Waals surface area contributed by atoms with Crippen LogP contribution < -0.4 is 5.32 Å². The highest BCUT2D eigenvalue weighted by atomic mass is 16.6. The van der Waals surface area contributed by atoms with E-state index < -0.39 is 23.5 Å². The Hall–Kier alpha value is -2.64. The van der Waals surface area contributed by atoms with Gasteiger partial charge in [-0.3, -0.25) is 14.9 Å². The fourth-order valence-corrected chi connectivity index (χ4v) is 1.36. The average Bonchev–Trinajstić information content (AvgIpc) is 2.36. The number of non-ortho nitro benzene ring substituents is 1. The van der Waals surface area contributed by atoms with E-state index in [4.69, 9.17) is 5.11 Å². The van der Waals surface area contributed by atoms with Gasteiger partial charge in [-0.25, -0.2) is 4.79 Å². The van der Waals surface area contributed by atoms with Crippen LogP contribution in [0.1, 0.15) is 6.92 Å². The summed E-state index contributed by atoms with van der Waals surface area (Å²) in [7, 11) is 0. The van der Waals surface area contributed by atoms with E-state index in [0.29, 0.717) is 5.69 Å². The predicted octanol–water partition coefficient (Wildman–Crippen LogP) is 1.53. The molecule has 0 radical (unpaired) electrons. The van der Waals surface area contributed by atoms with Crippen LogP contribution in [0.25, 0.3) is 0 Å². The van der Waals surface area contributed by atoms with Crippen LogP contribution in [0, 0.1) is 10.1 Å². The van der Waals surface area contributed by atoms with E-state index in [1.54, 1.807) is 6.92 Å². The molecule has 0 atom stereocenters. The number of nitrogens with one attached hydrogen (secondary N) is 1. The molecule has 0 aliphatic carbocycles. The number of carbonyl (C=O) groups excluding carboxylic acids is 1. The van der Waals surface area contributed by atoms with Gasteiger partial charge in [-0.05, 0) is 19.1 Å². The maximum atomic E-state index is 11.7. The number of nitro benzene ring substituents is 1. The molecule has 0 fully saturated rings. The van der Waals surface area contributed by atoms with Crippen LogP contribution in [0.2, 0.25) is 0 Å². The highest BCUT2D eigenvalue weighted by Gasteiger charge is 2.15. The number of carbonyl (C=O) groups is 2. The first kappa shape index (κ1) is 14.4. The van der Waals surface area contributed by atoms with Crippen molar-refractivity contribution in [2.45, 2.75) is 6.92 Å². The van der Waals surface area contributed by atoms with Crippen molar-refractivity contribution in [3.05, 3.63) is 34.4 Å². The highest BCUT2D eigenvalue weighted by Crippen LogP contribution is 2.15. The van der Waals surface area contributed by atoms with Gasteiger partial charge in [0.25, 0.3) is 5.69 Å². The summed E-state index contributed by atoms with van der Waals surface area (Å²) in [4.78, 5) is 33.3. The fraction of sp³-hybridized carbons (Fsp3) is 0.273. The number of nitrogens with zero attached hydrogens (tertiary/aromatic N) is 2. The van der Waals surface area contributed by atoms with E-state index in [0.717, 1.165) is 4.90 Å². The molecular formula is C11H13N3O5. The number of hydrogen-bond acceptors (Lipinski definition) is 4. The SMILES string of the molecule is CCN(CC(=O)O)C(=O)Nc1ccc([N+](=O)[O-])cc1. The number of carboxylic acid groups (broad SMARTS) is 1. The quantitative estimate of drug-likeness (QED) is 0.620. The maximum Gasteiger partial charge on any atom is 0.323 e. The third kappa shape index (κ3) is 4.26. The molecule has 0 unspecified atom stereocenters. The molecule has 8 nitrogen and oxygen atoms in total. The second-order valence-electron chi connectivity index (χ2n) is 3.64. The van der Waals surface area contributed by atoms with Gasteiger partial charge in [-0.2, -0.15) is 0 Å². The lowest BCUT2D eigenvalue weighted by molar-refractivity contribution is -0.384. The van der Waals surface area contributed by atoms with Crippen molar-refractivity contribution in [3.63, 3.8) is 0 Å². The highest BCUT2D eigenvalue weighted by molar-refractivity contribution is 5.91. The largest absolute Gasteiger partial charge is 0.480 e. The Balaban J connectivity index is 2.70. The lowest BCUT2D eigenvalue weighted by atomic mass is 10.3. The third-order valence-corrected chi connectivity index (χ3v) is 2.32. The monoisotopic (exact) mass is 267 g/mol. The Morgan fingerprint density at radius 1 is 1.37 bits per heavy atom. The molecule has 102 valence electrons. The number of urea groups is 1. The van der Waals surface area contributed by atoms with E-state index in [1.165, 1.54) is 24.3 Å². The molecule has 19 heavy (non-hydrogen) atoms. The third-order valence-electron chi connectivity index (χ3n) is 2.32. The summed E-state index contributed by atoms with van der Waals surface area (Å²) in [5, 5.41) is 21.6. The van der Waals surface area contributed by atoms with E-state index in [9.17, 15) is 19.7 Å². The van der Waals surface area contributed by atoms with E-state index in [1.807, 2.05) is 0 Å². The lowest BCUT2D eigenvalue weighted by Crippen LogP contribution is -2.38. The molecule has 0 spiro atoms. The van der Waals surface area contributed by atoms with Crippen LogP contribution in [0.4, 0.5) is 16.2 Å². The molecule has 0 saturated heterocycles. The van der Waals surface area contributed by atoms with Crippen LogP contribution in [0.5, 0.6) is 0 Å². The van der Waals surface area contributed by atoms with Crippen molar-refractivity contribution in [1.82, 2.24) is 4.90 Å². The minimum absolute atomic E-state index is 0.0871. The van der Waals surface area contributed by atoms with E-state index >= 15 is 0 Å². The Bertz CT molecular complexity index is 486. The van der Waals surface area contributed by atoms with Gasteiger partial charge in [0.05, 0.1) is 4.92 Å². The second-order valence-corrected chi connectivity index (χ2v) is 3.64. The molecule has 0 aliphatic rings. The van der Waals surface area contributed by atoms with Gasteiger partial charge in [0.1, 0.15) is 6.54 Å². The van der Waals surface area contributed by atoms with Crippen molar-refractivity contribution < 1.29 is 19.6 Å². The molecule has 1 rings (SSSR count). The van der Waals surface area contributed by atoms with Crippen molar-refractivity contribution >= 4 is 23.4 Å². The van der Waals surface area contributed by atoms with Crippen molar-refractivity contribution in [1.29, 1.82) is 0 Å². The number of hydrogen-bond donors (Lipinski definition) is 2. The van der Waals surface area contributed by atoms with Crippen LogP contribution >= 0.6 is 0 Å². The molecule has 2 amide bonds. The Labute approximate surface area is 108 Å². The van der Waals surface area contributed by atoms with Crippen molar-refractivity contribution in [2.75, 3.05) is 18.4 Å². The number of carboxylic acids is 1. The number of amides is 2. The molecule has 0 saturated carbocycles. The van der Waals surface area contributed by atoms with Gasteiger partial charge in [-0.15, -0.1) is 0 Å². The molecule has 1 aromatic rings. The average molecular weight is 267 g/mol. The minimum Gasteiger partial charge on any atom is -0.480 e. The van der Waals surface area contributed by atoms with Crippen LogP contribution in [-0.2, 0) is 4.79 Å². The van der Waals surface area contributed by atoms with E-state index in [2.05, 4.69) is 5.32 Å². The van der Waals surface area contributed by atoms with Gasteiger partial charge in [0.15, 0.2) is 0 Å². The standard InChI is InChI=1S/C11H13N3O5/c1-2-13(7-10(15)16)11(17)12-8-3-5-9(6-4-8)14(18)19/h3-6H,2,7H2,1H3,(H,12,17)(H,15,16). The molecular weight excluding hydrogens is 254 g/mol. The second kappa shape index (κ2) is 6.34. The number of benzene rings is 1. The topological polar surface area (TPSA) is 113 Å². The zero-order valence-electron chi connectivity index (χ0n) is 10.2. The van der Waals surface area contributed by atoms with Gasteiger partial charge < -0.3 is 15.3 Å². The minimum atomic E-state index is -1.11. The maximum absolute atomic E-state index is 11.7. The Kier molecular flexibility index (Phi) is 4.81. The summed E-state index contributed by atoms with van der Waals surface area (Å²) in [6.45, 7) is 1.48. The summed E-state index contributed by atoms with van der Waals surface area (Å²) in [6, 6.07) is 4.69. The Morgan fingerprint density at radius 3 is 2.37 bits per heavy atom. The van der Waals surface area contributed by atoms with E-state index in [-0.39, 0.29) is 12.2 Å². The van der Waals surface area contributed by atoms with Crippen LogP contribution in [0.15, 0.2) is 24.3 Å². The molecule has 0 heterocycles. The van der Waals surface area contributed by atoms with Crippen molar-refractivity contribution in [3.8, 4) is 0 Å². The number of anilines is 1. The van der Waals surface area contributed by atoms with Crippen molar-refractivity contribution in [2.24, 2.45) is 0 Å². The molecule has 8 heteroatoms. The zero-order valence-corrected chi connectivity index (χ0v) is 10.2. The normalized spacial score (nSPS) is 9.74. The number of nitro groups is 1. The smallest absolute Gasteiger partial charge is 0.323 e. The van der Waals surface area contributed by atoms with Crippen LogP contribution in [-0.4, -0.2) is 40.0 Å². The summed E-state index contributed by atoms with van der Waals surface area (Å²) < 4.78 is 0. The van der Waals surface area contributed by atoms with Gasteiger partial charge in [0.2, 0.25) is 0 Å². The number of aliphatic carboxylic acids is 1. The molecule has 0 aliphatic heterocycles. The Morgan fingerprint density at radius 2 is 1.95 bits per heavy atom. The first-order valence-electron chi connectivity index (χ1n) is 5.46. The number of likely N-dealkylation sites (N-methyl/N-ethyl adjacent to an activating group) is 1. The zero-order chi connectivity index (χ0) is 14.4.